The van der Waals surface area contributed by atoms with Crippen molar-refractivity contribution in [2.45, 2.75) is 56.9 Å². The van der Waals surface area contributed by atoms with Gasteiger partial charge in [0.1, 0.15) is 0 Å². The molecule has 2 N–H and O–H groups in total. The average Bonchev–Trinajstić information content (AvgIpc) is 2.75. The summed E-state index contributed by atoms with van der Waals surface area (Å²) in [6, 6.07) is 16.0. The zero-order chi connectivity index (χ0) is 21.4. The number of sulfonamides is 1. The molecule has 4 saturated carbocycles. The Labute approximate surface area is 186 Å². The Kier molecular flexibility index (Phi) is 5.82. The molecule has 0 aliphatic heterocycles. The average molecular weight is 439 g/mol. The predicted molar refractivity (Wildman–Crippen MR) is 125 cm³/mol. The van der Waals surface area contributed by atoms with Crippen LogP contribution in [-0.4, -0.2) is 15.0 Å². The van der Waals surface area contributed by atoms with Crippen molar-refractivity contribution in [1.82, 2.24) is 4.72 Å². The Bertz CT molecular complexity index is 991. The van der Waals surface area contributed by atoms with Crippen LogP contribution in [0.4, 0.5) is 5.69 Å². The molecule has 0 spiro atoms. The molecule has 166 valence electrons. The quantitative estimate of drug-likeness (QED) is 0.595. The molecule has 0 amide bonds. The molecule has 0 saturated heterocycles. The van der Waals surface area contributed by atoms with E-state index in [4.69, 9.17) is 0 Å². The third-order valence-electron chi connectivity index (χ3n) is 7.93. The van der Waals surface area contributed by atoms with E-state index in [0.29, 0.717) is 18.0 Å². The molecule has 4 bridgehead atoms. The lowest BCUT2D eigenvalue weighted by Crippen LogP contribution is -2.45. The lowest BCUT2D eigenvalue weighted by atomic mass is 9.51. The van der Waals surface area contributed by atoms with Gasteiger partial charge in [-0.25, -0.2) is 13.1 Å². The summed E-state index contributed by atoms with van der Waals surface area (Å²) in [5, 5.41) is 3.56. The SMILES string of the molecule is CCNS(=O)(=O)c1ccc(CC2C3CC4CC(C3)CC2C4)c(NCc2ccccc2)c1. The van der Waals surface area contributed by atoms with Crippen LogP contribution in [0.5, 0.6) is 0 Å². The van der Waals surface area contributed by atoms with Crippen LogP contribution in [0, 0.1) is 29.6 Å². The van der Waals surface area contributed by atoms with Crippen LogP contribution in [0.2, 0.25) is 0 Å². The molecule has 4 fully saturated rings. The minimum absolute atomic E-state index is 0.346. The minimum Gasteiger partial charge on any atom is -0.381 e. The van der Waals surface area contributed by atoms with Crippen LogP contribution in [0.1, 0.15) is 50.2 Å². The Hall–Kier alpha value is -1.85. The monoisotopic (exact) mass is 438 g/mol. The van der Waals surface area contributed by atoms with Crippen LogP contribution in [0.3, 0.4) is 0 Å². The van der Waals surface area contributed by atoms with Crippen LogP contribution in [-0.2, 0) is 23.0 Å². The van der Waals surface area contributed by atoms with E-state index in [1.807, 2.05) is 31.2 Å². The lowest BCUT2D eigenvalue weighted by molar-refractivity contribution is -0.0359. The highest BCUT2D eigenvalue weighted by Gasteiger charge is 2.47. The summed E-state index contributed by atoms with van der Waals surface area (Å²) >= 11 is 0. The second kappa shape index (κ2) is 8.59. The maximum Gasteiger partial charge on any atom is 0.240 e. The normalized spacial score (nSPS) is 29.3. The van der Waals surface area contributed by atoms with Gasteiger partial charge >= 0.3 is 0 Å². The fourth-order valence-electron chi connectivity index (χ4n) is 6.76. The first-order valence-corrected chi connectivity index (χ1v) is 13.4. The molecule has 0 radical (unpaired) electrons. The molecule has 4 nitrogen and oxygen atoms in total. The highest BCUT2D eigenvalue weighted by molar-refractivity contribution is 7.89. The Morgan fingerprint density at radius 1 is 0.903 bits per heavy atom. The maximum absolute atomic E-state index is 12.6. The van der Waals surface area contributed by atoms with Gasteiger partial charge in [-0.05, 0) is 91.4 Å². The zero-order valence-electron chi connectivity index (χ0n) is 18.4. The molecule has 0 aromatic heterocycles. The van der Waals surface area contributed by atoms with Gasteiger partial charge in [0.2, 0.25) is 10.0 Å². The van der Waals surface area contributed by atoms with Gasteiger partial charge in [0, 0.05) is 18.8 Å². The van der Waals surface area contributed by atoms with E-state index in [-0.39, 0.29) is 0 Å². The third kappa shape index (κ3) is 4.40. The minimum atomic E-state index is -3.47. The van der Waals surface area contributed by atoms with E-state index in [1.54, 1.807) is 6.07 Å². The maximum atomic E-state index is 12.6. The number of nitrogens with one attached hydrogen (secondary N) is 2. The van der Waals surface area contributed by atoms with Gasteiger partial charge in [-0.1, -0.05) is 43.3 Å². The summed E-state index contributed by atoms with van der Waals surface area (Å²) < 4.78 is 27.9. The van der Waals surface area contributed by atoms with E-state index >= 15 is 0 Å². The Morgan fingerprint density at radius 2 is 1.58 bits per heavy atom. The largest absolute Gasteiger partial charge is 0.381 e. The summed E-state index contributed by atoms with van der Waals surface area (Å²) in [5.41, 5.74) is 3.43. The molecule has 0 atom stereocenters. The smallest absolute Gasteiger partial charge is 0.240 e. The number of rotatable bonds is 8. The van der Waals surface area contributed by atoms with Crippen molar-refractivity contribution in [3.05, 3.63) is 59.7 Å². The topological polar surface area (TPSA) is 58.2 Å². The summed E-state index contributed by atoms with van der Waals surface area (Å²) in [6.07, 6.45) is 8.19. The van der Waals surface area contributed by atoms with E-state index < -0.39 is 10.0 Å². The van der Waals surface area contributed by atoms with Crippen LogP contribution in [0.25, 0.3) is 0 Å². The van der Waals surface area contributed by atoms with Gasteiger partial charge in [0.15, 0.2) is 0 Å². The van der Waals surface area contributed by atoms with Crippen molar-refractivity contribution in [2.75, 3.05) is 11.9 Å². The van der Waals surface area contributed by atoms with Gasteiger partial charge in [-0.15, -0.1) is 0 Å². The number of hydrogen-bond donors (Lipinski definition) is 2. The molecule has 5 heteroatoms. The molecule has 6 rings (SSSR count). The molecule has 0 unspecified atom stereocenters. The van der Waals surface area contributed by atoms with Gasteiger partial charge in [0.25, 0.3) is 0 Å². The van der Waals surface area contributed by atoms with Crippen LogP contribution in [0.15, 0.2) is 53.4 Å². The van der Waals surface area contributed by atoms with E-state index in [9.17, 15) is 8.42 Å². The van der Waals surface area contributed by atoms with Gasteiger partial charge in [-0.3, -0.25) is 0 Å². The van der Waals surface area contributed by atoms with Crippen molar-refractivity contribution < 1.29 is 8.42 Å². The van der Waals surface area contributed by atoms with Crippen molar-refractivity contribution in [3.63, 3.8) is 0 Å². The molecule has 2 aromatic carbocycles. The molecular weight excluding hydrogens is 404 g/mol. The predicted octanol–water partition coefficient (Wildman–Crippen LogP) is 5.21. The molecule has 2 aromatic rings. The number of benzene rings is 2. The fraction of sp³-hybridized carbons (Fsp3) is 0.538. The van der Waals surface area contributed by atoms with Crippen LogP contribution < -0.4 is 10.0 Å². The lowest BCUT2D eigenvalue weighted by Gasteiger charge is -2.54. The van der Waals surface area contributed by atoms with Crippen molar-refractivity contribution >= 4 is 15.7 Å². The summed E-state index contributed by atoms with van der Waals surface area (Å²) in [6.45, 7) is 2.90. The van der Waals surface area contributed by atoms with Gasteiger partial charge in [0.05, 0.1) is 4.90 Å². The molecule has 4 aliphatic carbocycles. The van der Waals surface area contributed by atoms with E-state index in [1.165, 1.54) is 43.2 Å². The summed E-state index contributed by atoms with van der Waals surface area (Å²) in [7, 11) is -3.47. The fourth-order valence-corrected chi connectivity index (χ4v) is 7.82. The van der Waals surface area contributed by atoms with Crippen molar-refractivity contribution in [3.8, 4) is 0 Å². The highest BCUT2D eigenvalue weighted by Crippen LogP contribution is 2.57. The summed E-state index contributed by atoms with van der Waals surface area (Å²) in [5.74, 6) is 4.43. The Morgan fingerprint density at radius 3 is 2.23 bits per heavy atom. The first-order chi connectivity index (χ1) is 15.0. The van der Waals surface area contributed by atoms with E-state index in [2.05, 4.69) is 28.2 Å². The standard InChI is InChI=1S/C26H34N2O2S/c1-2-28-31(29,30)24-9-8-21(26(16-24)27-17-18-6-4-3-5-7-18)15-25-22-11-19-10-20(13-22)14-23(25)12-19/h3-9,16,19-20,22-23,25,27-28H,2,10-15,17H2,1H3. The van der Waals surface area contributed by atoms with Gasteiger partial charge in [-0.2, -0.15) is 0 Å². The summed E-state index contributed by atoms with van der Waals surface area (Å²) in [4.78, 5) is 0.346. The molecule has 0 heterocycles. The van der Waals surface area contributed by atoms with Crippen molar-refractivity contribution in [1.29, 1.82) is 0 Å². The molecule has 4 aliphatic rings. The molecule has 31 heavy (non-hydrogen) atoms. The van der Waals surface area contributed by atoms with E-state index in [0.717, 1.165) is 41.7 Å². The third-order valence-corrected chi connectivity index (χ3v) is 9.47. The second-order valence-corrected chi connectivity index (χ2v) is 11.7. The number of anilines is 1. The van der Waals surface area contributed by atoms with Gasteiger partial charge < -0.3 is 5.32 Å². The zero-order valence-corrected chi connectivity index (χ0v) is 19.2. The molecular formula is C26H34N2O2S. The second-order valence-electron chi connectivity index (χ2n) is 9.96. The Balaban J connectivity index is 1.41. The first kappa shape index (κ1) is 21.0. The number of hydrogen-bond acceptors (Lipinski definition) is 3. The first-order valence-electron chi connectivity index (χ1n) is 11.9. The highest BCUT2D eigenvalue weighted by atomic mass is 32.2. The van der Waals surface area contributed by atoms with Crippen molar-refractivity contribution in [2.24, 2.45) is 29.6 Å². The van der Waals surface area contributed by atoms with Crippen LogP contribution >= 0.6 is 0 Å².